The van der Waals surface area contributed by atoms with Gasteiger partial charge in [0.1, 0.15) is 73.8 Å². The summed E-state index contributed by atoms with van der Waals surface area (Å²) in [5.74, 6) is 1.33. The van der Waals surface area contributed by atoms with E-state index in [-0.39, 0.29) is 13.2 Å². The first kappa shape index (κ1) is 31.9. The SMILES string of the molecule is CC1(C)O[C@@H]([C@H]2OC(C)(C)O[C@@H]2COc2ccc(OCc3ccccc3)cc2)[C@H](COc2ccc(OCc3ccccc3)cc2)O1. The standard InChI is InChI=1S/C38H42O8/c1-37(2)43-33(25-41-31-19-15-29(16-20-31)39-23-27-11-7-5-8-12-27)35(45-37)36-34(44-38(3,4)46-36)26-42-32-21-17-30(18-22-32)40-24-28-13-9-6-10-14-28/h5-22,33-36H,23-26H2,1-4H3/t33-,34+,35+,36-. The maximum Gasteiger partial charge on any atom is 0.164 e. The van der Waals surface area contributed by atoms with E-state index in [1.807, 2.05) is 137 Å². The fourth-order valence-electron chi connectivity index (χ4n) is 5.64. The maximum atomic E-state index is 6.38. The van der Waals surface area contributed by atoms with Crippen LogP contribution < -0.4 is 18.9 Å². The van der Waals surface area contributed by atoms with Crippen LogP contribution in [0.4, 0.5) is 0 Å². The van der Waals surface area contributed by atoms with E-state index in [9.17, 15) is 0 Å². The molecule has 46 heavy (non-hydrogen) atoms. The second-order valence-electron chi connectivity index (χ2n) is 12.4. The van der Waals surface area contributed by atoms with Gasteiger partial charge in [-0.15, -0.1) is 0 Å². The summed E-state index contributed by atoms with van der Waals surface area (Å²) in [5, 5.41) is 0. The highest BCUT2D eigenvalue weighted by Gasteiger charge is 2.54. The molecule has 0 saturated carbocycles. The summed E-state index contributed by atoms with van der Waals surface area (Å²) >= 11 is 0. The van der Waals surface area contributed by atoms with Crippen molar-refractivity contribution in [2.45, 2.75) is 76.9 Å². The predicted octanol–water partition coefficient (Wildman–Crippen LogP) is 7.34. The molecule has 0 aliphatic carbocycles. The summed E-state index contributed by atoms with van der Waals surface area (Å²) in [4.78, 5) is 0. The molecule has 0 amide bonds. The number of benzene rings is 4. The van der Waals surface area contributed by atoms with Gasteiger partial charge in [0, 0.05) is 0 Å². The van der Waals surface area contributed by atoms with Crippen molar-refractivity contribution in [1.82, 2.24) is 0 Å². The molecule has 6 rings (SSSR count). The van der Waals surface area contributed by atoms with Crippen LogP contribution in [0, 0.1) is 0 Å². The average molecular weight is 627 g/mol. The molecular weight excluding hydrogens is 584 g/mol. The van der Waals surface area contributed by atoms with E-state index in [1.165, 1.54) is 0 Å². The molecule has 8 nitrogen and oxygen atoms in total. The van der Waals surface area contributed by atoms with Crippen molar-refractivity contribution >= 4 is 0 Å². The minimum atomic E-state index is -0.815. The third-order valence-electron chi connectivity index (χ3n) is 7.74. The van der Waals surface area contributed by atoms with Crippen molar-refractivity contribution in [2.24, 2.45) is 0 Å². The Balaban J connectivity index is 1.04. The zero-order chi connectivity index (χ0) is 32.0. The molecule has 2 heterocycles. The van der Waals surface area contributed by atoms with Crippen LogP contribution in [0.15, 0.2) is 109 Å². The minimum absolute atomic E-state index is 0.274. The number of hydrogen-bond donors (Lipinski definition) is 0. The average Bonchev–Trinajstić information content (AvgIpc) is 3.55. The Hall–Kier alpha value is -4.08. The fraction of sp³-hybridized carbons (Fsp3) is 0.368. The Morgan fingerprint density at radius 3 is 1.11 bits per heavy atom. The van der Waals surface area contributed by atoms with Gasteiger partial charge in [-0.25, -0.2) is 0 Å². The summed E-state index contributed by atoms with van der Waals surface area (Å²) in [5.41, 5.74) is 2.23. The molecule has 8 heteroatoms. The molecule has 2 aliphatic heterocycles. The molecule has 0 aromatic heterocycles. The molecule has 2 fully saturated rings. The molecule has 0 bridgehead atoms. The largest absolute Gasteiger partial charge is 0.491 e. The smallest absolute Gasteiger partial charge is 0.164 e. The fourth-order valence-corrected chi connectivity index (χ4v) is 5.64. The first-order valence-corrected chi connectivity index (χ1v) is 15.7. The lowest BCUT2D eigenvalue weighted by Crippen LogP contribution is -2.45. The Labute approximate surface area is 271 Å². The summed E-state index contributed by atoms with van der Waals surface area (Å²) < 4.78 is 49.5. The van der Waals surface area contributed by atoms with Crippen LogP contribution in [0.25, 0.3) is 0 Å². The quantitative estimate of drug-likeness (QED) is 0.153. The van der Waals surface area contributed by atoms with Gasteiger partial charge in [-0.05, 0) is 87.4 Å². The van der Waals surface area contributed by atoms with Crippen molar-refractivity contribution in [3.05, 3.63) is 120 Å². The highest BCUT2D eigenvalue weighted by Crippen LogP contribution is 2.39. The summed E-state index contributed by atoms with van der Waals surface area (Å²) in [6, 6.07) is 35.3. The molecule has 0 radical (unpaired) electrons. The van der Waals surface area contributed by atoms with Crippen molar-refractivity contribution in [3.8, 4) is 23.0 Å². The van der Waals surface area contributed by atoms with Gasteiger partial charge in [-0.3, -0.25) is 0 Å². The first-order valence-electron chi connectivity index (χ1n) is 15.7. The van der Waals surface area contributed by atoms with Gasteiger partial charge >= 0.3 is 0 Å². The number of rotatable bonds is 13. The third-order valence-corrected chi connectivity index (χ3v) is 7.74. The van der Waals surface area contributed by atoms with E-state index < -0.39 is 36.0 Å². The number of ether oxygens (including phenoxy) is 8. The van der Waals surface area contributed by atoms with Gasteiger partial charge in [0.15, 0.2) is 11.6 Å². The van der Waals surface area contributed by atoms with E-state index in [4.69, 9.17) is 37.9 Å². The second kappa shape index (κ2) is 14.1. The topological polar surface area (TPSA) is 73.8 Å². The van der Waals surface area contributed by atoms with Gasteiger partial charge in [0.2, 0.25) is 0 Å². The molecular formula is C38H42O8. The predicted molar refractivity (Wildman–Crippen MR) is 173 cm³/mol. The highest BCUT2D eigenvalue weighted by molar-refractivity contribution is 5.32. The lowest BCUT2D eigenvalue weighted by atomic mass is 10.0. The van der Waals surface area contributed by atoms with E-state index in [0.29, 0.717) is 24.7 Å². The lowest BCUT2D eigenvalue weighted by molar-refractivity contribution is -0.175. The van der Waals surface area contributed by atoms with Crippen LogP contribution in [0.2, 0.25) is 0 Å². The van der Waals surface area contributed by atoms with Gasteiger partial charge in [0.05, 0.1) is 0 Å². The van der Waals surface area contributed by atoms with Crippen LogP contribution in [-0.4, -0.2) is 49.2 Å². The Morgan fingerprint density at radius 1 is 0.435 bits per heavy atom. The molecule has 0 N–H and O–H groups in total. The van der Waals surface area contributed by atoms with Crippen LogP contribution >= 0.6 is 0 Å². The lowest BCUT2D eigenvalue weighted by Gasteiger charge is -2.26. The van der Waals surface area contributed by atoms with E-state index in [2.05, 4.69) is 0 Å². The van der Waals surface area contributed by atoms with Crippen LogP contribution in [0.3, 0.4) is 0 Å². The summed E-state index contributed by atoms with van der Waals surface area (Å²) in [7, 11) is 0. The van der Waals surface area contributed by atoms with Crippen LogP contribution in [0.1, 0.15) is 38.8 Å². The van der Waals surface area contributed by atoms with Gasteiger partial charge in [-0.1, -0.05) is 60.7 Å². The van der Waals surface area contributed by atoms with Crippen molar-refractivity contribution in [1.29, 1.82) is 0 Å². The maximum absolute atomic E-state index is 6.38. The van der Waals surface area contributed by atoms with Gasteiger partial charge in [-0.2, -0.15) is 0 Å². The Bertz CT molecular complexity index is 1390. The molecule has 2 aliphatic rings. The van der Waals surface area contributed by atoms with Crippen molar-refractivity contribution in [2.75, 3.05) is 13.2 Å². The normalized spacial score (nSPS) is 23.1. The Kier molecular flexibility index (Phi) is 9.80. The molecule has 242 valence electrons. The molecule has 0 spiro atoms. The van der Waals surface area contributed by atoms with Crippen LogP contribution in [0.5, 0.6) is 23.0 Å². The highest BCUT2D eigenvalue weighted by atomic mass is 16.8. The molecule has 4 atom stereocenters. The first-order chi connectivity index (χ1) is 22.2. The minimum Gasteiger partial charge on any atom is -0.491 e. The molecule has 2 saturated heterocycles. The molecule has 0 unspecified atom stereocenters. The van der Waals surface area contributed by atoms with E-state index in [1.54, 1.807) is 0 Å². The molecule has 4 aromatic rings. The summed E-state index contributed by atoms with van der Waals surface area (Å²) in [6.45, 7) is 9.14. The number of hydrogen-bond acceptors (Lipinski definition) is 8. The van der Waals surface area contributed by atoms with Gasteiger partial charge in [0.25, 0.3) is 0 Å². The Morgan fingerprint density at radius 2 is 0.761 bits per heavy atom. The third kappa shape index (κ3) is 8.59. The van der Waals surface area contributed by atoms with Crippen molar-refractivity contribution in [3.63, 3.8) is 0 Å². The second-order valence-corrected chi connectivity index (χ2v) is 12.4. The molecule has 4 aromatic carbocycles. The van der Waals surface area contributed by atoms with Gasteiger partial charge < -0.3 is 37.9 Å². The summed E-state index contributed by atoms with van der Waals surface area (Å²) in [6.07, 6.45) is -1.66. The van der Waals surface area contributed by atoms with Crippen LogP contribution in [-0.2, 0) is 32.2 Å². The zero-order valence-corrected chi connectivity index (χ0v) is 26.8. The van der Waals surface area contributed by atoms with Crippen molar-refractivity contribution < 1.29 is 37.9 Å². The zero-order valence-electron chi connectivity index (χ0n) is 26.8. The van der Waals surface area contributed by atoms with E-state index in [0.717, 1.165) is 22.6 Å². The monoisotopic (exact) mass is 626 g/mol. The van der Waals surface area contributed by atoms with E-state index >= 15 is 0 Å².